The number of piperidine rings is 1. The third-order valence-corrected chi connectivity index (χ3v) is 7.56. The van der Waals surface area contributed by atoms with E-state index in [1.165, 1.54) is 17.5 Å². The molecule has 2 aromatic rings. The molecular formula is C24H32N2O5S. The maximum Gasteiger partial charge on any atom is 0.265 e. The van der Waals surface area contributed by atoms with Gasteiger partial charge in [0.2, 0.25) is 10.0 Å². The zero-order chi connectivity index (χ0) is 23.3. The Morgan fingerprint density at radius 1 is 1.06 bits per heavy atom. The molecule has 1 aliphatic rings. The number of benzene rings is 2. The summed E-state index contributed by atoms with van der Waals surface area (Å²) in [5.41, 5.74) is 2.37. The van der Waals surface area contributed by atoms with Crippen molar-refractivity contribution in [1.82, 2.24) is 4.31 Å². The normalized spacial score (nSPS) is 15.8. The van der Waals surface area contributed by atoms with E-state index in [1.54, 1.807) is 12.1 Å². The lowest BCUT2D eigenvalue weighted by atomic mass is 10.1. The maximum absolute atomic E-state index is 13.2. The maximum atomic E-state index is 13.2. The first-order valence-electron chi connectivity index (χ1n) is 11.0. The van der Waals surface area contributed by atoms with Gasteiger partial charge in [-0.2, -0.15) is 4.31 Å². The van der Waals surface area contributed by atoms with Crippen LogP contribution in [0.1, 0.15) is 43.7 Å². The first-order valence-corrected chi connectivity index (χ1v) is 12.4. The number of rotatable bonds is 8. The molecule has 8 heteroatoms. The number of ether oxygens (including phenoxy) is 2. The van der Waals surface area contributed by atoms with Gasteiger partial charge in [0.05, 0.1) is 7.11 Å². The zero-order valence-electron chi connectivity index (χ0n) is 19.2. The van der Waals surface area contributed by atoms with Gasteiger partial charge >= 0.3 is 0 Å². The Morgan fingerprint density at radius 3 is 2.44 bits per heavy atom. The van der Waals surface area contributed by atoms with E-state index >= 15 is 0 Å². The second-order valence-corrected chi connectivity index (χ2v) is 10.0. The molecule has 7 nitrogen and oxygen atoms in total. The van der Waals surface area contributed by atoms with E-state index in [-0.39, 0.29) is 16.6 Å². The molecule has 174 valence electrons. The van der Waals surface area contributed by atoms with E-state index in [9.17, 15) is 13.2 Å². The first-order chi connectivity index (χ1) is 15.3. The molecule has 32 heavy (non-hydrogen) atoms. The first kappa shape index (κ1) is 24.1. The Labute approximate surface area is 190 Å². The van der Waals surface area contributed by atoms with E-state index < -0.39 is 16.1 Å². The molecule has 0 unspecified atom stereocenters. The molecule has 0 aromatic heterocycles. The van der Waals surface area contributed by atoms with Crippen molar-refractivity contribution in [3.63, 3.8) is 0 Å². The topological polar surface area (TPSA) is 84.9 Å². The number of sulfonamides is 1. The van der Waals surface area contributed by atoms with E-state index in [1.807, 2.05) is 39.0 Å². The molecule has 1 saturated heterocycles. The highest BCUT2D eigenvalue weighted by Crippen LogP contribution is 2.31. The highest BCUT2D eigenvalue weighted by atomic mass is 32.2. The van der Waals surface area contributed by atoms with Gasteiger partial charge in [-0.1, -0.05) is 25.5 Å². The minimum atomic E-state index is -3.72. The Balaban J connectivity index is 1.82. The second-order valence-electron chi connectivity index (χ2n) is 8.10. The minimum absolute atomic E-state index is 0.0585. The van der Waals surface area contributed by atoms with Crippen molar-refractivity contribution in [2.45, 2.75) is 57.5 Å². The van der Waals surface area contributed by atoms with Crippen LogP contribution < -0.4 is 14.8 Å². The van der Waals surface area contributed by atoms with Gasteiger partial charge in [0.25, 0.3) is 5.91 Å². The Kier molecular flexibility index (Phi) is 7.79. The highest BCUT2D eigenvalue weighted by Gasteiger charge is 2.29. The zero-order valence-corrected chi connectivity index (χ0v) is 20.0. The summed E-state index contributed by atoms with van der Waals surface area (Å²) in [6.45, 7) is 6.75. The fourth-order valence-corrected chi connectivity index (χ4v) is 5.43. The average Bonchev–Trinajstić information content (AvgIpc) is 2.80. The number of anilines is 1. The van der Waals surface area contributed by atoms with Crippen molar-refractivity contribution in [2.75, 3.05) is 25.5 Å². The van der Waals surface area contributed by atoms with Crippen LogP contribution in [0.15, 0.2) is 41.3 Å². The molecule has 1 aliphatic heterocycles. The summed E-state index contributed by atoms with van der Waals surface area (Å²) >= 11 is 0. The molecule has 0 radical (unpaired) electrons. The van der Waals surface area contributed by atoms with Crippen LogP contribution in [0.5, 0.6) is 11.5 Å². The summed E-state index contributed by atoms with van der Waals surface area (Å²) in [5.74, 6) is 0.585. The summed E-state index contributed by atoms with van der Waals surface area (Å²) < 4.78 is 39.2. The summed E-state index contributed by atoms with van der Waals surface area (Å²) in [5, 5.41) is 2.81. The van der Waals surface area contributed by atoms with Gasteiger partial charge in [-0.15, -0.1) is 0 Å². The van der Waals surface area contributed by atoms with Gasteiger partial charge in [-0.3, -0.25) is 4.79 Å². The number of hydrogen-bond donors (Lipinski definition) is 1. The van der Waals surface area contributed by atoms with E-state index in [2.05, 4.69) is 5.32 Å². The smallest absolute Gasteiger partial charge is 0.265 e. The Morgan fingerprint density at radius 2 is 1.78 bits per heavy atom. The molecule has 0 saturated carbocycles. The van der Waals surface area contributed by atoms with Crippen LogP contribution in [0, 0.1) is 13.8 Å². The van der Waals surface area contributed by atoms with E-state index in [4.69, 9.17) is 9.47 Å². The fourth-order valence-electron chi connectivity index (χ4n) is 3.73. The number of amides is 1. The third-order valence-electron chi connectivity index (χ3n) is 5.64. The molecule has 1 N–H and O–H groups in total. The number of nitrogens with zero attached hydrogens (tertiary/aromatic N) is 1. The molecule has 0 spiro atoms. The number of carbonyl (C=O) groups is 1. The van der Waals surface area contributed by atoms with Crippen LogP contribution in [0.25, 0.3) is 0 Å². The summed E-state index contributed by atoms with van der Waals surface area (Å²) in [6.07, 6.45) is 2.46. The van der Waals surface area contributed by atoms with Gasteiger partial charge < -0.3 is 14.8 Å². The van der Waals surface area contributed by atoms with Crippen LogP contribution in [-0.2, 0) is 14.8 Å². The molecule has 1 fully saturated rings. The number of carbonyl (C=O) groups excluding carboxylic acids is 1. The summed E-state index contributed by atoms with van der Waals surface area (Å²) in [7, 11) is -2.28. The van der Waals surface area contributed by atoms with Crippen LogP contribution in [0.3, 0.4) is 0 Å². The second kappa shape index (κ2) is 10.4. The van der Waals surface area contributed by atoms with Gasteiger partial charge in [-0.25, -0.2) is 8.42 Å². The summed E-state index contributed by atoms with van der Waals surface area (Å²) in [6, 6.07) is 10.5. The van der Waals surface area contributed by atoms with Crippen molar-refractivity contribution in [3.05, 3.63) is 47.5 Å². The molecule has 0 bridgehead atoms. The quantitative estimate of drug-likeness (QED) is 0.635. The van der Waals surface area contributed by atoms with Crippen molar-refractivity contribution >= 4 is 21.6 Å². The lowest BCUT2D eigenvalue weighted by molar-refractivity contribution is -0.122. The molecular weight excluding hydrogens is 428 g/mol. The van der Waals surface area contributed by atoms with E-state index in [0.717, 1.165) is 30.4 Å². The van der Waals surface area contributed by atoms with Crippen LogP contribution >= 0.6 is 0 Å². The minimum Gasteiger partial charge on any atom is -0.495 e. The fraction of sp³-hybridized carbons (Fsp3) is 0.458. The van der Waals surface area contributed by atoms with Gasteiger partial charge in [0, 0.05) is 18.8 Å². The lowest BCUT2D eigenvalue weighted by Crippen LogP contribution is -2.36. The number of methoxy groups -OCH3 is 1. The van der Waals surface area contributed by atoms with Crippen LogP contribution in [0.2, 0.25) is 0 Å². The number of aryl methyl sites for hydroxylation is 2. The van der Waals surface area contributed by atoms with E-state index in [0.29, 0.717) is 30.9 Å². The molecule has 3 rings (SSSR count). The SMILES string of the molecule is CC[C@H](Oc1cc(C)ccc1C)C(=O)Nc1ccc(OC)c(S(=O)(=O)N2CCCCC2)c1. The number of hydrogen-bond acceptors (Lipinski definition) is 5. The average molecular weight is 461 g/mol. The largest absolute Gasteiger partial charge is 0.495 e. The lowest BCUT2D eigenvalue weighted by Gasteiger charge is -2.26. The Bertz CT molecular complexity index is 1060. The molecule has 2 aromatic carbocycles. The van der Waals surface area contributed by atoms with Gasteiger partial charge in [0.15, 0.2) is 6.10 Å². The summed E-state index contributed by atoms with van der Waals surface area (Å²) in [4.78, 5) is 13.0. The molecule has 1 amide bonds. The number of nitrogens with one attached hydrogen (secondary N) is 1. The standard InChI is InChI=1S/C24H32N2O5S/c1-5-20(31-22-15-17(2)9-10-18(22)3)24(27)25-19-11-12-21(30-4)23(16-19)32(28,29)26-13-7-6-8-14-26/h9-12,15-16,20H,5-8,13-14H2,1-4H3,(H,25,27)/t20-/m0/s1. The molecule has 1 atom stereocenters. The monoisotopic (exact) mass is 460 g/mol. The van der Waals surface area contributed by atoms with Crippen molar-refractivity contribution in [2.24, 2.45) is 0 Å². The third kappa shape index (κ3) is 5.42. The van der Waals surface area contributed by atoms with Crippen LogP contribution in [-0.4, -0.2) is 44.9 Å². The predicted octanol–water partition coefficient (Wildman–Crippen LogP) is 4.28. The predicted molar refractivity (Wildman–Crippen MR) is 125 cm³/mol. The van der Waals surface area contributed by atoms with Crippen molar-refractivity contribution in [1.29, 1.82) is 0 Å². The van der Waals surface area contributed by atoms with Gasteiger partial charge in [-0.05, 0) is 68.5 Å². The van der Waals surface area contributed by atoms with Crippen LogP contribution in [0.4, 0.5) is 5.69 Å². The van der Waals surface area contributed by atoms with Crippen molar-refractivity contribution in [3.8, 4) is 11.5 Å². The molecule has 1 heterocycles. The molecule has 0 aliphatic carbocycles. The highest BCUT2D eigenvalue weighted by molar-refractivity contribution is 7.89. The van der Waals surface area contributed by atoms with Gasteiger partial charge in [0.1, 0.15) is 16.4 Å². The van der Waals surface area contributed by atoms with Crippen molar-refractivity contribution < 1.29 is 22.7 Å². The Hall–Kier alpha value is -2.58.